The zero-order valence-corrected chi connectivity index (χ0v) is 13.1. The quantitative estimate of drug-likeness (QED) is 0.853. The van der Waals surface area contributed by atoms with Crippen LogP contribution in [-0.4, -0.2) is 20.0 Å². The Balaban J connectivity index is 3.01. The first-order valence-electron chi connectivity index (χ1n) is 6.72. The van der Waals surface area contributed by atoms with Gasteiger partial charge in [0.2, 0.25) is 0 Å². The first kappa shape index (κ1) is 17.8. The molecule has 21 heavy (non-hydrogen) atoms. The molecule has 0 aliphatic carbocycles. The molecule has 1 aromatic carbocycles. The maximum absolute atomic E-state index is 12.7. The molecule has 0 aliphatic heterocycles. The Hall–Kier alpha value is -1.24. The van der Waals surface area contributed by atoms with Gasteiger partial charge in [0.1, 0.15) is 0 Å². The van der Waals surface area contributed by atoms with Crippen LogP contribution in [0.25, 0.3) is 0 Å². The molecule has 0 aromatic heterocycles. The third-order valence-electron chi connectivity index (χ3n) is 3.06. The highest BCUT2D eigenvalue weighted by Crippen LogP contribution is 2.34. The van der Waals surface area contributed by atoms with Gasteiger partial charge >= 0.3 is 5.51 Å². The summed E-state index contributed by atoms with van der Waals surface area (Å²) < 4.78 is 61.1. The summed E-state index contributed by atoms with van der Waals surface area (Å²) in [5.41, 5.74) is -5.31. The first-order chi connectivity index (χ1) is 9.55. The van der Waals surface area contributed by atoms with E-state index in [1.165, 1.54) is 18.2 Å². The minimum absolute atomic E-state index is 0.00826. The van der Waals surface area contributed by atoms with Gasteiger partial charge in [0, 0.05) is 6.04 Å². The van der Waals surface area contributed by atoms with Crippen LogP contribution in [-0.2, 0) is 9.84 Å². The van der Waals surface area contributed by atoms with Gasteiger partial charge in [-0.2, -0.15) is 13.2 Å². The molecule has 0 bridgehead atoms. The Morgan fingerprint density at radius 2 is 1.67 bits per heavy atom. The monoisotopic (exact) mass is 323 g/mol. The maximum Gasteiger partial charge on any atom is 0.501 e. The van der Waals surface area contributed by atoms with Crippen LogP contribution in [0, 0.1) is 5.92 Å². The number of hydrogen-bond acceptors (Lipinski definition) is 3. The van der Waals surface area contributed by atoms with Crippen LogP contribution in [0.2, 0.25) is 0 Å². The van der Waals surface area contributed by atoms with Gasteiger partial charge in [-0.1, -0.05) is 26.0 Å². The summed E-state index contributed by atoms with van der Waals surface area (Å²) in [6.45, 7) is 5.92. The second-order valence-electron chi connectivity index (χ2n) is 5.46. The molecule has 1 rings (SSSR count). The summed E-state index contributed by atoms with van der Waals surface area (Å²) in [5, 5.41) is 2.86. The number of nitrogens with one attached hydrogen (secondary N) is 1. The first-order valence-corrected chi connectivity index (χ1v) is 8.21. The summed E-state index contributed by atoms with van der Waals surface area (Å²) in [4.78, 5) is -0.728. The van der Waals surface area contributed by atoms with E-state index in [2.05, 4.69) is 19.2 Å². The van der Waals surface area contributed by atoms with Crippen molar-refractivity contribution in [1.82, 2.24) is 0 Å². The molecule has 0 saturated carbocycles. The Labute approximate surface area is 123 Å². The van der Waals surface area contributed by atoms with Crippen LogP contribution in [0.1, 0.15) is 33.6 Å². The standard InChI is InChI=1S/C14H20F3NO2S/c1-10(2)8-9-11(3)18-12-6-4-5-7-13(12)21(19,20)14(15,16)17/h4-7,10-11,18H,8-9H2,1-3H3. The number of hydrogen-bond donors (Lipinski definition) is 1. The van der Waals surface area contributed by atoms with Crippen LogP contribution < -0.4 is 5.32 Å². The highest BCUT2D eigenvalue weighted by atomic mass is 32.2. The Morgan fingerprint density at radius 3 is 2.19 bits per heavy atom. The van der Waals surface area contributed by atoms with Crippen molar-refractivity contribution in [1.29, 1.82) is 0 Å². The molecule has 1 N–H and O–H groups in total. The molecule has 0 amide bonds. The smallest absolute Gasteiger partial charge is 0.382 e. The number of benzene rings is 1. The number of sulfone groups is 1. The minimum Gasteiger partial charge on any atom is -0.382 e. The Morgan fingerprint density at radius 1 is 1.10 bits per heavy atom. The zero-order chi connectivity index (χ0) is 16.3. The predicted molar refractivity (Wildman–Crippen MR) is 76.8 cm³/mol. The highest BCUT2D eigenvalue weighted by molar-refractivity contribution is 7.92. The molecule has 0 radical (unpaired) electrons. The Kier molecular flexibility index (Phi) is 5.67. The van der Waals surface area contributed by atoms with E-state index in [1.807, 2.05) is 6.92 Å². The summed E-state index contributed by atoms with van der Waals surface area (Å²) in [7, 11) is -5.35. The zero-order valence-electron chi connectivity index (χ0n) is 12.2. The van der Waals surface area contributed by atoms with Crippen molar-refractivity contribution in [2.75, 3.05) is 5.32 Å². The number of para-hydroxylation sites is 1. The van der Waals surface area contributed by atoms with Crippen molar-refractivity contribution < 1.29 is 21.6 Å². The normalized spacial score (nSPS) is 14.2. The molecule has 0 fully saturated rings. The highest BCUT2D eigenvalue weighted by Gasteiger charge is 2.47. The van der Waals surface area contributed by atoms with Gasteiger partial charge in [-0.05, 0) is 37.8 Å². The van der Waals surface area contributed by atoms with E-state index in [0.717, 1.165) is 18.9 Å². The molecule has 1 aromatic rings. The fourth-order valence-corrected chi connectivity index (χ4v) is 2.79. The predicted octanol–water partition coefficient (Wildman–Crippen LogP) is 4.22. The van der Waals surface area contributed by atoms with Gasteiger partial charge < -0.3 is 5.32 Å². The van der Waals surface area contributed by atoms with Crippen molar-refractivity contribution in [2.45, 2.75) is 50.1 Å². The van der Waals surface area contributed by atoms with Gasteiger partial charge in [-0.25, -0.2) is 8.42 Å². The average molecular weight is 323 g/mol. The minimum atomic E-state index is -5.35. The van der Waals surface area contributed by atoms with Crippen LogP contribution in [0.3, 0.4) is 0 Å². The summed E-state index contributed by atoms with van der Waals surface area (Å²) in [5.74, 6) is 0.475. The molecule has 7 heteroatoms. The average Bonchev–Trinajstić information content (AvgIpc) is 2.35. The van der Waals surface area contributed by atoms with Crippen molar-refractivity contribution >= 4 is 15.5 Å². The number of halogens is 3. The fourth-order valence-electron chi connectivity index (χ4n) is 1.87. The molecule has 0 aliphatic rings. The fraction of sp³-hybridized carbons (Fsp3) is 0.571. The maximum atomic E-state index is 12.7. The molecule has 0 spiro atoms. The molecule has 0 heterocycles. The van der Waals surface area contributed by atoms with E-state index < -0.39 is 20.2 Å². The SMILES string of the molecule is CC(C)CCC(C)Nc1ccccc1S(=O)(=O)C(F)(F)F. The van der Waals surface area contributed by atoms with Gasteiger partial charge in [-0.15, -0.1) is 0 Å². The van der Waals surface area contributed by atoms with E-state index in [1.54, 1.807) is 0 Å². The van der Waals surface area contributed by atoms with Gasteiger partial charge in [0.15, 0.2) is 0 Å². The molecule has 1 atom stereocenters. The summed E-state index contributed by atoms with van der Waals surface area (Å²) >= 11 is 0. The lowest BCUT2D eigenvalue weighted by Gasteiger charge is -2.19. The summed E-state index contributed by atoms with van der Waals surface area (Å²) in [6, 6.07) is 5.00. The molecular formula is C14H20F3NO2S. The van der Waals surface area contributed by atoms with Crippen LogP contribution in [0.5, 0.6) is 0 Å². The summed E-state index contributed by atoms with van der Waals surface area (Å²) in [6.07, 6.45) is 1.65. The van der Waals surface area contributed by atoms with Crippen molar-refractivity contribution in [3.63, 3.8) is 0 Å². The third kappa shape index (κ3) is 4.62. The van der Waals surface area contributed by atoms with Crippen LogP contribution in [0.15, 0.2) is 29.2 Å². The molecule has 1 unspecified atom stereocenters. The topological polar surface area (TPSA) is 46.2 Å². The largest absolute Gasteiger partial charge is 0.501 e. The Bertz CT molecular complexity index is 568. The van der Waals surface area contributed by atoms with Crippen molar-refractivity contribution in [3.05, 3.63) is 24.3 Å². The lowest BCUT2D eigenvalue weighted by Crippen LogP contribution is -2.25. The molecule has 0 saturated heterocycles. The van der Waals surface area contributed by atoms with E-state index in [4.69, 9.17) is 0 Å². The lowest BCUT2D eigenvalue weighted by molar-refractivity contribution is -0.0435. The van der Waals surface area contributed by atoms with E-state index in [9.17, 15) is 21.6 Å². The number of anilines is 1. The molecule has 3 nitrogen and oxygen atoms in total. The number of rotatable bonds is 6. The van der Waals surface area contributed by atoms with Gasteiger partial charge in [-0.3, -0.25) is 0 Å². The lowest BCUT2D eigenvalue weighted by atomic mass is 10.0. The van der Waals surface area contributed by atoms with E-state index in [-0.39, 0.29) is 11.7 Å². The second-order valence-corrected chi connectivity index (χ2v) is 7.37. The van der Waals surface area contributed by atoms with E-state index >= 15 is 0 Å². The van der Waals surface area contributed by atoms with Crippen LogP contribution in [0.4, 0.5) is 18.9 Å². The van der Waals surface area contributed by atoms with Gasteiger partial charge in [0.05, 0.1) is 10.6 Å². The van der Waals surface area contributed by atoms with Crippen molar-refractivity contribution in [2.24, 2.45) is 5.92 Å². The van der Waals surface area contributed by atoms with Gasteiger partial charge in [0.25, 0.3) is 9.84 Å². The third-order valence-corrected chi connectivity index (χ3v) is 4.60. The van der Waals surface area contributed by atoms with Crippen molar-refractivity contribution in [3.8, 4) is 0 Å². The molecule has 120 valence electrons. The van der Waals surface area contributed by atoms with E-state index in [0.29, 0.717) is 5.92 Å². The number of alkyl halides is 3. The molecular weight excluding hydrogens is 303 g/mol. The second kappa shape index (κ2) is 6.68. The van der Waals surface area contributed by atoms with Crippen LogP contribution >= 0.6 is 0 Å².